The van der Waals surface area contributed by atoms with E-state index in [1.807, 2.05) is 0 Å². The molecular formula is C14H19F2N3S. The second-order valence-corrected chi connectivity index (χ2v) is 4.78. The molecule has 1 aromatic rings. The summed E-state index contributed by atoms with van der Waals surface area (Å²) in [7, 11) is 0. The average molecular weight is 299 g/mol. The molecule has 0 heterocycles. The van der Waals surface area contributed by atoms with Gasteiger partial charge in [0.2, 0.25) is 0 Å². The van der Waals surface area contributed by atoms with Crippen LogP contribution in [-0.4, -0.2) is 17.4 Å². The van der Waals surface area contributed by atoms with E-state index in [9.17, 15) is 8.78 Å². The van der Waals surface area contributed by atoms with E-state index in [1.54, 1.807) is 0 Å². The molecule has 0 radical (unpaired) electrons. The number of unbranched alkanes of at least 4 members (excludes halogenated alkanes) is 2. The lowest BCUT2D eigenvalue weighted by molar-refractivity contribution is 0.578. The molecule has 110 valence electrons. The zero-order chi connectivity index (χ0) is 15.0. The van der Waals surface area contributed by atoms with E-state index >= 15 is 0 Å². The third-order valence-corrected chi connectivity index (χ3v) is 2.95. The maximum atomic E-state index is 13.5. The summed E-state index contributed by atoms with van der Waals surface area (Å²) in [4.78, 5) is 0. The topological polar surface area (TPSA) is 36.4 Å². The molecule has 0 saturated carbocycles. The van der Waals surface area contributed by atoms with Crippen molar-refractivity contribution in [1.29, 1.82) is 0 Å². The standard InChI is InChI=1S/C14H19F2N3S/c1-3-4-5-9-17-14(20)19-18-10(2)13-11(15)7-6-8-12(13)16/h6-8H,3-5,9H2,1-2H3,(H2,17,19,20)/b18-10-. The van der Waals surface area contributed by atoms with Crippen LogP contribution in [0.5, 0.6) is 0 Å². The molecule has 0 spiro atoms. The van der Waals surface area contributed by atoms with E-state index in [-0.39, 0.29) is 11.3 Å². The number of halogens is 2. The summed E-state index contributed by atoms with van der Waals surface area (Å²) >= 11 is 5.02. The summed E-state index contributed by atoms with van der Waals surface area (Å²) in [6, 6.07) is 3.70. The normalized spacial score (nSPS) is 11.3. The molecule has 0 unspecified atom stereocenters. The second kappa shape index (κ2) is 8.58. The van der Waals surface area contributed by atoms with E-state index in [2.05, 4.69) is 22.8 Å². The Balaban J connectivity index is 2.55. The Kier molecular flexibility index (Phi) is 7.08. The summed E-state index contributed by atoms with van der Waals surface area (Å²) in [6.45, 7) is 4.39. The molecule has 0 amide bonds. The quantitative estimate of drug-likeness (QED) is 0.366. The van der Waals surface area contributed by atoms with Crippen molar-refractivity contribution in [2.24, 2.45) is 5.10 Å². The van der Waals surface area contributed by atoms with Gasteiger partial charge in [-0.15, -0.1) is 0 Å². The van der Waals surface area contributed by atoms with Crippen molar-refractivity contribution in [3.8, 4) is 0 Å². The van der Waals surface area contributed by atoms with Crippen LogP contribution in [0.4, 0.5) is 8.78 Å². The van der Waals surface area contributed by atoms with Crippen LogP contribution in [0.15, 0.2) is 23.3 Å². The number of nitrogens with one attached hydrogen (secondary N) is 2. The van der Waals surface area contributed by atoms with Crippen molar-refractivity contribution in [3.63, 3.8) is 0 Å². The highest BCUT2D eigenvalue weighted by atomic mass is 32.1. The number of nitrogens with zero attached hydrogens (tertiary/aromatic N) is 1. The Morgan fingerprint density at radius 2 is 1.90 bits per heavy atom. The first-order valence-electron chi connectivity index (χ1n) is 6.58. The van der Waals surface area contributed by atoms with Crippen molar-refractivity contribution in [2.75, 3.05) is 6.54 Å². The lowest BCUT2D eigenvalue weighted by atomic mass is 10.1. The van der Waals surface area contributed by atoms with E-state index in [0.717, 1.165) is 25.8 Å². The van der Waals surface area contributed by atoms with Crippen molar-refractivity contribution in [1.82, 2.24) is 10.7 Å². The van der Waals surface area contributed by atoms with Gasteiger partial charge >= 0.3 is 0 Å². The lowest BCUT2D eigenvalue weighted by Gasteiger charge is -2.08. The number of hydrogen-bond acceptors (Lipinski definition) is 2. The fourth-order valence-corrected chi connectivity index (χ4v) is 1.80. The number of benzene rings is 1. The van der Waals surface area contributed by atoms with Crippen LogP contribution >= 0.6 is 12.2 Å². The number of thiocarbonyl (C=S) groups is 1. The average Bonchev–Trinajstić information content (AvgIpc) is 2.41. The second-order valence-electron chi connectivity index (χ2n) is 4.37. The third kappa shape index (κ3) is 5.21. The highest BCUT2D eigenvalue weighted by Gasteiger charge is 2.11. The summed E-state index contributed by atoms with van der Waals surface area (Å²) < 4.78 is 27.0. The van der Waals surface area contributed by atoms with Gasteiger partial charge in [0.15, 0.2) is 5.11 Å². The molecule has 6 heteroatoms. The van der Waals surface area contributed by atoms with Crippen LogP contribution in [-0.2, 0) is 0 Å². The van der Waals surface area contributed by atoms with Crippen LogP contribution < -0.4 is 10.7 Å². The van der Waals surface area contributed by atoms with E-state index in [1.165, 1.54) is 25.1 Å². The highest BCUT2D eigenvalue weighted by Crippen LogP contribution is 2.12. The minimum atomic E-state index is -0.644. The number of hydrogen-bond donors (Lipinski definition) is 2. The van der Waals surface area contributed by atoms with Crippen molar-refractivity contribution in [3.05, 3.63) is 35.4 Å². The number of hydrazone groups is 1. The van der Waals surface area contributed by atoms with Crippen LogP contribution in [0.25, 0.3) is 0 Å². The molecule has 0 atom stereocenters. The molecule has 1 aromatic carbocycles. The van der Waals surface area contributed by atoms with Gasteiger partial charge in [0.25, 0.3) is 0 Å². The molecule has 0 aliphatic heterocycles. The molecule has 2 N–H and O–H groups in total. The third-order valence-electron chi connectivity index (χ3n) is 2.72. The smallest absolute Gasteiger partial charge is 0.186 e. The van der Waals surface area contributed by atoms with E-state index in [4.69, 9.17) is 12.2 Å². The molecule has 1 rings (SSSR count). The molecule has 20 heavy (non-hydrogen) atoms. The monoisotopic (exact) mass is 299 g/mol. The van der Waals surface area contributed by atoms with Crippen LogP contribution in [0.2, 0.25) is 0 Å². The van der Waals surface area contributed by atoms with Gasteiger partial charge in [-0.1, -0.05) is 25.8 Å². The Labute approximate surface area is 123 Å². The first-order valence-corrected chi connectivity index (χ1v) is 6.99. The molecule has 3 nitrogen and oxygen atoms in total. The zero-order valence-electron chi connectivity index (χ0n) is 11.7. The van der Waals surface area contributed by atoms with Crippen molar-refractivity contribution < 1.29 is 8.78 Å². The molecule has 0 aliphatic carbocycles. The van der Waals surface area contributed by atoms with Crippen molar-refractivity contribution >= 4 is 23.0 Å². The predicted molar refractivity (Wildman–Crippen MR) is 81.8 cm³/mol. The molecule has 0 saturated heterocycles. The first-order chi connectivity index (χ1) is 9.56. The molecule has 0 aromatic heterocycles. The largest absolute Gasteiger partial charge is 0.361 e. The van der Waals surface area contributed by atoms with Crippen molar-refractivity contribution in [2.45, 2.75) is 33.1 Å². The molecule has 0 fully saturated rings. The zero-order valence-corrected chi connectivity index (χ0v) is 12.5. The fraction of sp³-hybridized carbons (Fsp3) is 0.429. The Bertz CT molecular complexity index is 469. The van der Waals surface area contributed by atoms with E-state index in [0.29, 0.717) is 5.11 Å². The van der Waals surface area contributed by atoms with Crippen LogP contribution in [0.1, 0.15) is 38.7 Å². The summed E-state index contributed by atoms with van der Waals surface area (Å²) in [5.41, 5.74) is 2.65. The Morgan fingerprint density at radius 1 is 1.25 bits per heavy atom. The van der Waals surface area contributed by atoms with Gasteiger partial charge in [0, 0.05) is 6.54 Å². The highest BCUT2D eigenvalue weighted by molar-refractivity contribution is 7.80. The first kappa shape index (κ1) is 16.5. The van der Waals surface area contributed by atoms with Gasteiger partial charge in [-0.3, -0.25) is 5.43 Å². The lowest BCUT2D eigenvalue weighted by Crippen LogP contribution is -2.33. The maximum Gasteiger partial charge on any atom is 0.186 e. The number of rotatable bonds is 6. The maximum absolute atomic E-state index is 13.5. The Morgan fingerprint density at radius 3 is 2.50 bits per heavy atom. The fourth-order valence-electron chi connectivity index (χ4n) is 1.65. The van der Waals surface area contributed by atoms with Crippen LogP contribution in [0.3, 0.4) is 0 Å². The minimum absolute atomic E-state index is 0.145. The van der Waals surface area contributed by atoms with Gasteiger partial charge in [-0.25, -0.2) is 8.78 Å². The van der Waals surface area contributed by atoms with Gasteiger partial charge in [-0.05, 0) is 37.7 Å². The van der Waals surface area contributed by atoms with E-state index < -0.39 is 11.6 Å². The summed E-state index contributed by atoms with van der Waals surface area (Å²) in [5.74, 6) is -1.29. The van der Waals surface area contributed by atoms with Gasteiger partial charge < -0.3 is 5.32 Å². The minimum Gasteiger partial charge on any atom is -0.361 e. The molecule has 0 aliphatic rings. The van der Waals surface area contributed by atoms with Gasteiger partial charge in [-0.2, -0.15) is 5.10 Å². The Hall–Kier alpha value is -1.56. The van der Waals surface area contributed by atoms with Gasteiger partial charge in [0.05, 0.1) is 11.3 Å². The van der Waals surface area contributed by atoms with Gasteiger partial charge in [0.1, 0.15) is 11.6 Å². The summed E-state index contributed by atoms with van der Waals surface area (Å²) in [6.07, 6.45) is 3.27. The SMILES string of the molecule is CCCCCNC(=S)N/N=C(/C)c1c(F)cccc1F. The summed E-state index contributed by atoms with van der Waals surface area (Å²) in [5, 5.41) is 7.22. The van der Waals surface area contributed by atoms with Crippen LogP contribution in [0, 0.1) is 11.6 Å². The molecule has 0 bridgehead atoms. The molecular weight excluding hydrogens is 280 g/mol. The predicted octanol–water partition coefficient (Wildman–Crippen LogP) is 3.34.